The van der Waals surface area contributed by atoms with E-state index in [1.54, 1.807) is 6.20 Å². The van der Waals surface area contributed by atoms with Gasteiger partial charge in [-0.3, -0.25) is 4.79 Å². The van der Waals surface area contributed by atoms with Gasteiger partial charge in [-0.25, -0.2) is 4.68 Å². The number of carbonyl (C=O) groups excluding carboxylic acids is 1. The highest BCUT2D eigenvalue weighted by atomic mass is 16.3. The number of aromatic nitrogens is 2. The van der Waals surface area contributed by atoms with Gasteiger partial charge in [-0.05, 0) is 73.8 Å². The molecule has 4 fully saturated rings. The first-order valence-electron chi connectivity index (χ1n) is 11.5. The van der Waals surface area contributed by atoms with Crippen molar-refractivity contribution in [1.82, 2.24) is 14.7 Å². The highest BCUT2D eigenvalue weighted by molar-refractivity contribution is 5.96. The smallest absolute Gasteiger partial charge is 0.257 e. The van der Waals surface area contributed by atoms with Crippen LogP contribution in [-0.4, -0.2) is 43.9 Å². The van der Waals surface area contributed by atoms with Crippen molar-refractivity contribution in [3.8, 4) is 5.69 Å². The summed E-state index contributed by atoms with van der Waals surface area (Å²) in [4.78, 5) is 16.1. The molecule has 7 rings (SSSR count). The average molecular weight is 406 g/mol. The van der Waals surface area contributed by atoms with Gasteiger partial charge in [0.2, 0.25) is 0 Å². The molecule has 4 bridgehead atoms. The molecule has 2 aromatic rings. The molecule has 2 heterocycles. The standard InChI is InChI=1S/C25H31N3O2/c1-24(2)13-21-20(14-26-28(21)19-6-4-3-5-7-19)23(29)27(15-24)22-17-8-16-9-18(22)12-25(30,10-16)11-17/h3-7,14,16-18,22,30H,8-13,15H2,1-2H3/t16?,17-,18+,22?,25?. The minimum absolute atomic E-state index is 0.0287. The summed E-state index contributed by atoms with van der Waals surface area (Å²) in [5.74, 6) is 1.66. The maximum atomic E-state index is 13.9. The first kappa shape index (κ1) is 18.6. The fourth-order valence-electron chi connectivity index (χ4n) is 7.42. The minimum atomic E-state index is -0.471. The van der Waals surface area contributed by atoms with Gasteiger partial charge in [0.1, 0.15) is 0 Å². The lowest BCUT2D eigenvalue weighted by Crippen LogP contribution is -2.63. The molecular formula is C25H31N3O2. The number of carbonyl (C=O) groups is 1. The summed E-state index contributed by atoms with van der Waals surface area (Å²) in [6, 6.07) is 10.4. The summed E-state index contributed by atoms with van der Waals surface area (Å²) < 4.78 is 1.96. The number of amides is 1. The molecule has 3 unspecified atom stereocenters. The van der Waals surface area contributed by atoms with E-state index in [1.807, 2.05) is 35.0 Å². The molecule has 5 nitrogen and oxygen atoms in total. The Hall–Kier alpha value is -2.14. The maximum Gasteiger partial charge on any atom is 0.257 e. The van der Waals surface area contributed by atoms with Crippen LogP contribution in [0.25, 0.3) is 5.69 Å². The zero-order valence-corrected chi connectivity index (χ0v) is 17.9. The van der Waals surface area contributed by atoms with E-state index in [1.165, 1.54) is 12.8 Å². The molecule has 0 saturated heterocycles. The van der Waals surface area contributed by atoms with Crippen molar-refractivity contribution in [3.63, 3.8) is 0 Å². The first-order chi connectivity index (χ1) is 14.3. The zero-order chi connectivity index (χ0) is 20.7. The topological polar surface area (TPSA) is 58.4 Å². The van der Waals surface area contributed by atoms with Crippen LogP contribution < -0.4 is 0 Å². The van der Waals surface area contributed by atoms with E-state index in [0.29, 0.717) is 17.8 Å². The van der Waals surface area contributed by atoms with Crippen molar-refractivity contribution < 1.29 is 9.90 Å². The van der Waals surface area contributed by atoms with Crippen LogP contribution in [0.4, 0.5) is 0 Å². The van der Waals surface area contributed by atoms with Crippen LogP contribution in [0, 0.1) is 23.2 Å². The second kappa shape index (κ2) is 6.19. The Balaban J connectivity index is 1.40. The van der Waals surface area contributed by atoms with Crippen molar-refractivity contribution in [2.45, 2.75) is 64.0 Å². The predicted molar refractivity (Wildman–Crippen MR) is 114 cm³/mol. The quantitative estimate of drug-likeness (QED) is 0.826. The molecule has 4 saturated carbocycles. The molecule has 158 valence electrons. The van der Waals surface area contributed by atoms with Crippen LogP contribution in [-0.2, 0) is 6.42 Å². The fraction of sp³-hybridized carbons (Fsp3) is 0.600. The van der Waals surface area contributed by atoms with Crippen LogP contribution in [0.5, 0.6) is 0 Å². The van der Waals surface area contributed by atoms with Gasteiger partial charge in [-0.1, -0.05) is 32.0 Å². The third kappa shape index (κ3) is 2.78. The van der Waals surface area contributed by atoms with Crippen LogP contribution in [0.3, 0.4) is 0 Å². The Labute approximate surface area is 178 Å². The fourth-order valence-corrected chi connectivity index (χ4v) is 7.42. The highest BCUT2D eigenvalue weighted by Crippen LogP contribution is 2.57. The van der Waals surface area contributed by atoms with E-state index in [-0.39, 0.29) is 17.4 Å². The Morgan fingerprint density at radius 1 is 1.07 bits per heavy atom. The maximum absolute atomic E-state index is 13.9. The first-order valence-corrected chi connectivity index (χ1v) is 11.5. The van der Waals surface area contributed by atoms with Crippen LogP contribution in [0.15, 0.2) is 36.5 Å². The number of hydrogen-bond acceptors (Lipinski definition) is 3. The SMILES string of the molecule is CC1(C)Cc2c(cnn2-c2ccccc2)C(=O)N(C2[C@@H]3CC4C[C@H]2CC(O)(C4)C3)C1. The van der Waals surface area contributed by atoms with Gasteiger partial charge in [0.25, 0.3) is 5.91 Å². The van der Waals surface area contributed by atoms with Gasteiger partial charge in [-0.2, -0.15) is 5.10 Å². The van der Waals surface area contributed by atoms with E-state index >= 15 is 0 Å². The highest BCUT2D eigenvalue weighted by Gasteiger charge is 2.57. The van der Waals surface area contributed by atoms with Crippen LogP contribution in [0.2, 0.25) is 0 Å². The van der Waals surface area contributed by atoms with Crippen molar-refractivity contribution >= 4 is 5.91 Å². The molecule has 1 N–H and O–H groups in total. The van der Waals surface area contributed by atoms with Gasteiger partial charge in [-0.15, -0.1) is 0 Å². The van der Waals surface area contributed by atoms with E-state index in [0.717, 1.165) is 49.2 Å². The number of nitrogens with zero attached hydrogens (tertiary/aromatic N) is 3. The summed E-state index contributed by atoms with van der Waals surface area (Å²) in [5.41, 5.74) is 2.30. The van der Waals surface area contributed by atoms with E-state index in [2.05, 4.69) is 23.8 Å². The van der Waals surface area contributed by atoms with Gasteiger partial charge in [0.15, 0.2) is 0 Å². The summed E-state index contributed by atoms with van der Waals surface area (Å²) in [5, 5.41) is 15.6. The second-order valence-corrected chi connectivity index (χ2v) is 11.2. The number of aliphatic hydroxyl groups is 1. The van der Waals surface area contributed by atoms with Crippen molar-refractivity contribution in [1.29, 1.82) is 0 Å². The molecule has 1 aliphatic heterocycles. The van der Waals surface area contributed by atoms with E-state index in [9.17, 15) is 9.90 Å². The summed E-state index contributed by atoms with van der Waals surface area (Å²) >= 11 is 0. The zero-order valence-electron chi connectivity index (χ0n) is 17.9. The number of fused-ring (bicyclic) bond motifs is 1. The summed E-state index contributed by atoms with van der Waals surface area (Å²) in [6.45, 7) is 5.32. The molecular weight excluding hydrogens is 374 g/mol. The molecule has 5 heteroatoms. The minimum Gasteiger partial charge on any atom is -0.390 e. The predicted octanol–water partition coefficient (Wildman–Crippen LogP) is 3.84. The molecule has 0 radical (unpaired) electrons. The van der Waals surface area contributed by atoms with Gasteiger partial charge in [0.05, 0.1) is 28.7 Å². The Kier molecular flexibility index (Phi) is 3.84. The van der Waals surface area contributed by atoms with Crippen LogP contribution in [0.1, 0.15) is 62.0 Å². The van der Waals surface area contributed by atoms with Gasteiger partial charge >= 0.3 is 0 Å². The van der Waals surface area contributed by atoms with Crippen molar-refractivity contribution in [2.24, 2.45) is 23.2 Å². The van der Waals surface area contributed by atoms with Gasteiger partial charge in [0, 0.05) is 12.6 Å². The van der Waals surface area contributed by atoms with Crippen LogP contribution >= 0.6 is 0 Å². The number of rotatable bonds is 2. The number of benzene rings is 1. The Bertz CT molecular complexity index is 979. The second-order valence-electron chi connectivity index (χ2n) is 11.2. The van der Waals surface area contributed by atoms with E-state index in [4.69, 9.17) is 0 Å². The molecule has 4 aliphatic carbocycles. The third-order valence-electron chi connectivity index (χ3n) is 8.16. The normalized spacial score (nSPS) is 36.6. The molecule has 5 atom stereocenters. The van der Waals surface area contributed by atoms with Crippen molar-refractivity contribution in [2.75, 3.05) is 6.54 Å². The summed E-state index contributed by atoms with van der Waals surface area (Å²) in [6.07, 6.45) is 7.65. The van der Waals surface area contributed by atoms with Crippen molar-refractivity contribution in [3.05, 3.63) is 47.8 Å². The molecule has 1 amide bonds. The Morgan fingerprint density at radius 3 is 2.43 bits per heavy atom. The summed E-state index contributed by atoms with van der Waals surface area (Å²) in [7, 11) is 0. The largest absolute Gasteiger partial charge is 0.390 e. The molecule has 5 aliphatic rings. The van der Waals surface area contributed by atoms with E-state index < -0.39 is 5.60 Å². The lowest BCUT2D eigenvalue weighted by molar-refractivity contribution is -0.156. The molecule has 1 aromatic carbocycles. The number of para-hydroxylation sites is 1. The lowest BCUT2D eigenvalue weighted by atomic mass is 9.52. The average Bonchev–Trinajstić information content (AvgIpc) is 3.04. The Morgan fingerprint density at radius 2 is 1.77 bits per heavy atom. The molecule has 0 spiro atoms. The lowest BCUT2D eigenvalue weighted by Gasteiger charge is -2.60. The monoisotopic (exact) mass is 405 g/mol. The third-order valence-corrected chi connectivity index (χ3v) is 8.16. The molecule has 1 aromatic heterocycles. The molecule has 30 heavy (non-hydrogen) atoms. The van der Waals surface area contributed by atoms with Gasteiger partial charge < -0.3 is 10.0 Å². The number of hydrogen-bond donors (Lipinski definition) is 1.